The lowest BCUT2D eigenvalue weighted by atomic mass is 9.45. The molecule has 2 bridgehead atoms. The third kappa shape index (κ3) is 2.31. The van der Waals surface area contributed by atoms with Crippen LogP contribution in [0.15, 0.2) is 30.3 Å². The minimum atomic E-state index is -1.43. The van der Waals surface area contributed by atoms with Crippen molar-refractivity contribution in [1.82, 2.24) is 0 Å². The molecule has 0 N–H and O–H groups in total. The molecule has 0 spiro atoms. The summed E-state index contributed by atoms with van der Waals surface area (Å²) in [5, 5.41) is 1.62. The van der Waals surface area contributed by atoms with Gasteiger partial charge in [-0.3, -0.25) is 0 Å². The zero-order chi connectivity index (χ0) is 15.3. The highest BCUT2D eigenvalue weighted by molar-refractivity contribution is 6.91. The quantitative estimate of drug-likeness (QED) is 0.754. The highest BCUT2D eigenvalue weighted by atomic mass is 28.3. The van der Waals surface area contributed by atoms with Crippen molar-refractivity contribution in [3.8, 4) is 0 Å². The van der Waals surface area contributed by atoms with Crippen molar-refractivity contribution in [3.05, 3.63) is 30.3 Å². The Kier molecular flexibility index (Phi) is 3.82. The first-order valence-electron chi connectivity index (χ1n) is 8.43. The Bertz CT molecular complexity index is 494. The summed E-state index contributed by atoms with van der Waals surface area (Å²) >= 11 is 0. The summed E-state index contributed by atoms with van der Waals surface area (Å²) in [6.45, 7) is 11.1. The summed E-state index contributed by atoms with van der Waals surface area (Å²) in [6.07, 6.45) is 2.86. The van der Waals surface area contributed by atoms with Gasteiger partial charge in [-0.05, 0) is 41.6 Å². The molecule has 0 saturated heterocycles. The Balaban J connectivity index is 1.91. The maximum Gasteiger partial charge on any atom is 0.0840 e. The maximum absolute atomic E-state index is 5.65. The van der Waals surface area contributed by atoms with E-state index in [2.05, 4.69) is 57.3 Å². The standard InChI is InChI=1S/C19H30OSi/c1-19(2)14-11-17(19)16(13-20-3)18(12-14)21(4,5)15-9-7-6-8-10-15/h6-10,14,16-18H,11-13H2,1-5H3. The van der Waals surface area contributed by atoms with Crippen molar-refractivity contribution in [2.75, 3.05) is 13.7 Å². The third-order valence-electron chi connectivity index (χ3n) is 6.92. The summed E-state index contributed by atoms with van der Waals surface area (Å²) in [5.41, 5.74) is 1.41. The van der Waals surface area contributed by atoms with Gasteiger partial charge in [0.05, 0.1) is 8.07 Å². The van der Waals surface area contributed by atoms with E-state index in [1.165, 1.54) is 12.8 Å². The maximum atomic E-state index is 5.65. The van der Waals surface area contributed by atoms with Crippen LogP contribution in [0.5, 0.6) is 0 Å². The van der Waals surface area contributed by atoms with Gasteiger partial charge in [0.2, 0.25) is 0 Å². The van der Waals surface area contributed by atoms with Crippen LogP contribution in [-0.2, 0) is 4.74 Å². The Morgan fingerprint density at radius 1 is 1.14 bits per heavy atom. The van der Waals surface area contributed by atoms with Gasteiger partial charge in [0.25, 0.3) is 0 Å². The molecule has 2 heteroatoms. The van der Waals surface area contributed by atoms with E-state index in [9.17, 15) is 0 Å². The lowest BCUT2D eigenvalue weighted by Crippen LogP contribution is -2.61. The zero-order valence-corrected chi connectivity index (χ0v) is 15.2. The molecule has 0 heterocycles. The number of ether oxygens (including phenoxy) is 1. The van der Waals surface area contributed by atoms with Crippen molar-refractivity contribution in [2.24, 2.45) is 23.2 Å². The molecule has 4 unspecified atom stereocenters. The molecule has 3 fully saturated rings. The number of fused-ring (bicyclic) bond motifs is 2. The molecule has 21 heavy (non-hydrogen) atoms. The van der Waals surface area contributed by atoms with E-state index in [0.717, 1.165) is 29.9 Å². The number of methoxy groups -OCH3 is 1. The second-order valence-corrected chi connectivity index (χ2v) is 13.2. The average molecular weight is 303 g/mol. The molecule has 1 nitrogen and oxygen atoms in total. The third-order valence-corrected chi connectivity index (χ3v) is 11.3. The molecular formula is C19H30OSi. The highest BCUT2D eigenvalue weighted by Crippen LogP contribution is 2.66. The highest BCUT2D eigenvalue weighted by Gasteiger charge is 2.60. The first-order chi connectivity index (χ1) is 9.89. The number of rotatable bonds is 4. The Morgan fingerprint density at radius 3 is 2.38 bits per heavy atom. The van der Waals surface area contributed by atoms with Gasteiger partial charge >= 0.3 is 0 Å². The van der Waals surface area contributed by atoms with Gasteiger partial charge in [-0.2, -0.15) is 0 Å². The zero-order valence-electron chi connectivity index (χ0n) is 14.2. The summed E-state index contributed by atoms with van der Waals surface area (Å²) < 4.78 is 5.65. The Labute approximate surface area is 131 Å². The normalized spacial score (nSPS) is 34.3. The number of hydrogen-bond donors (Lipinski definition) is 0. The molecule has 0 aliphatic heterocycles. The van der Waals surface area contributed by atoms with Crippen molar-refractivity contribution >= 4 is 13.3 Å². The molecule has 0 amide bonds. The molecule has 1 aromatic rings. The van der Waals surface area contributed by atoms with Crippen LogP contribution in [0.1, 0.15) is 26.7 Å². The van der Waals surface area contributed by atoms with E-state index >= 15 is 0 Å². The van der Waals surface area contributed by atoms with E-state index in [1.54, 1.807) is 5.19 Å². The van der Waals surface area contributed by atoms with Crippen LogP contribution in [-0.4, -0.2) is 21.8 Å². The molecule has 116 valence electrons. The molecule has 0 aromatic heterocycles. The second kappa shape index (κ2) is 5.24. The summed E-state index contributed by atoms with van der Waals surface area (Å²) in [4.78, 5) is 0. The molecule has 3 aliphatic rings. The Morgan fingerprint density at radius 2 is 1.81 bits per heavy atom. The lowest BCUT2D eigenvalue weighted by Gasteiger charge is -2.64. The molecule has 4 rings (SSSR count). The van der Waals surface area contributed by atoms with Crippen LogP contribution in [0.2, 0.25) is 18.6 Å². The van der Waals surface area contributed by atoms with E-state index < -0.39 is 8.07 Å². The minimum Gasteiger partial charge on any atom is -0.384 e. The Hall–Kier alpha value is -0.603. The van der Waals surface area contributed by atoms with E-state index in [0.29, 0.717) is 5.41 Å². The fourth-order valence-electron chi connectivity index (χ4n) is 5.28. The second-order valence-electron chi connectivity index (χ2n) is 8.41. The number of hydrogen-bond acceptors (Lipinski definition) is 1. The minimum absolute atomic E-state index is 0.543. The van der Waals surface area contributed by atoms with Crippen LogP contribution in [0.3, 0.4) is 0 Å². The van der Waals surface area contributed by atoms with Crippen molar-refractivity contribution < 1.29 is 4.74 Å². The van der Waals surface area contributed by atoms with Crippen molar-refractivity contribution in [1.29, 1.82) is 0 Å². The average Bonchev–Trinajstić information content (AvgIpc) is 2.48. The first kappa shape index (κ1) is 15.3. The number of benzene rings is 1. The molecular weight excluding hydrogens is 272 g/mol. The predicted octanol–water partition coefficient (Wildman–Crippen LogP) is 4.30. The molecule has 4 atom stereocenters. The van der Waals surface area contributed by atoms with Gasteiger partial charge < -0.3 is 4.74 Å². The van der Waals surface area contributed by atoms with Gasteiger partial charge in [-0.15, -0.1) is 0 Å². The molecule has 0 radical (unpaired) electrons. The fourth-order valence-corrected chi connectivity index (χ4v) is 9.03. The van der Waals surface area contributed by atoms with Crippen molar-refractivity contribution in [3.63, 3.8) is 0 Å². The van der Waals surface area contributed by atoms with Gasteiger partial charge in [0, 0.05) is 13.7 Å². The summed E-state index contributed by atoms with van der Waals surface area (Å²) in [5.74, 6) is 2.57. The monoisotopic (exact) mass is 302 g/mol. The fraction of sp³-hybridized carbons (Fsp3) is 0.684. The van der Waals surface area contributed by atoms with Crippen LogP contribution in [0.4, 0.5) is 0 Å². The summed E-state index contributed by atoms with van der Waals surface area (Å²) in [7, 11) is 0.448. The molecule has 3 aliphatic carbocycles. The summed E-state index contributed by atoms with van der Waals surface area (Å²) in [6, 6.07) is 11.3. The first-order valence-corrected chi connectivity index (χ1v) is 11.5. The smallest absolute Gasteiger partial charge is 0.0840 e. The van der Waals surface area contributed by atoms with Gasteiger partial charge in [-0.25, -0.2) is 0 Å². The topological polar surface area (TPSA) is 9.23 Å². The van der Waals surface area contributed by atoms with Gasteiger partial charge in [0.15, 0.2) is 0 Å². The van der Waals surface area contributed by atoms with Crippen LogP contribution in [0.25, 0.3) is 0 Å². The van der Waals surface area contributed by atoms with E-state index in [4.69, 9.17) is 4.74 Å². The van der Waals surface area contributed by atoms with Crippen LogP contribution in [0, 0.1) is 23.2 Å². The largest absolute Gasteiger partial charge is 0.384 e. The van der Waals surface area contributed by atoms with Crippen LogP contribution < -0.4 is 5.19 Å². The van der Waals surface area contributed by atoms with E-state index in [1.807, 2.05) is 7.11 Å². The molecule has 1 aromatic carbocycles. The van der Waals surface area contributed by atoms with Crippen molar-refractivity contribution in [2.45, 2.75) is 45.3 Å². The van der Waals surface area contributed by atoms with Crippen LogP contribution >= 0.6 is 0 Å². The van der Waals surface area contributed by atoms with Gasteiger partial charge in [-0.1, -0.05) is 62.5 Å². The molecule has 3 saturated carbocycles. The van der Waals surface area contributed by atoms with Gasteiger partial charge in [0.1, 0.15) is 0 Å². The SMILES string of the molecule is COCC1C2CC(CC1[Si](C)(C)c1ccccc1)C2(C)C. The predicted molar refractivity (Wildman–Crippen MR) is 92.7 cm³/mol. The lowest BCUT2D eigenvalue weighted by molar-refractivity contribution is -0.120. The van der Waals surface area contributed by atoms with E-state index in [-0.39, 0.29) is 0 Å².